The molecule has 0 aliphatic heterocycles. The second kappa shape index (κ2) is 6.19. The first-order valence-corrected chi connectivity index (χ1v) is 6.31. The Morgan fingerprint density at radius 1 is 1.42 bits per heavy atom. The molecule has 1 unspecified atom stereocenters. The van der Waals surface area contributed by atoms with Gasteiger partial charge < -0.3 is 14.8 Å². The SMILES string of the molecule is Cc1ccoc1CNC(CO)c1ccc(Cl)c(F)c1. The van der Waals surface area contributed by atoms with Gasteiger partial charge >= 0.3 is 0 Å². The normalized spacial score (nSPS) is 12.6. The van der Waals surface area contributed by atoms with Crippen LogP contribution in [0.1, 0.15) is 22.9 Å². The van der Waals surface area contributed by atoms with Gasteiger partial charge in [-0.1, -0.05) is 17.7 Å². The van der Waals surface area contributed by atoms with Crippen LogP contribution in [0.15, 0.2) is 34.9 Å². The zero-order valence-corrected chi connectivity index (χ0v) is 11.2. The van der Waals surface area contributed by atoms with Crippen LogP contribution in [0.4, 0.5) is 4.39 Å². The lowest BCUT2D eigenvalue weighted by Crippen LogP contribution is -2.24. The summed E-state index contributed by atoms with van der Waals surface area (Å²) >= 11 is 5.63. The predicted octanol–water partition coefficient (Wildman–Crippen LogP) is 3.20. The third kappa shape index (κ3) is 3.35. The fraction of sp³-hybridized carbons (Fsp3) is 0.286. The quantitative estimate of drug-likeness (QED) is 0.886. The maximum atomic E-state index is 13.4. The summed E-state index contributed by atoms with van der Waals surface area (Å²) in [7, 11) is 0. The lowest BCUT2D eigenvalue weighted by Gasteiger charge is -2.16. The summed E-state index contributed by atoms with van der Waals surface area (Å²) in [5.74, 6) is 0.307. The van der Waals surface area contributed by atoms with Crippen molar-refractivity contribution in [2.24, 2.45) is 0 Å². The van der Waals surface area contributed by atoms with Crippen LogP contribution in [0.2, 0.25) is 5.02 Å². The van der Waals surface area contributed by atoms with Gasteiger partial charge in [-0.3, -0.25) is 0 Å². The number of hydrogen-bond donors (Lipinski definition) is 2. The molecule has 0 spiro atoms. The van der Waals surface area contributed by atoms with Crippen molar-refractivity contribution in [1.29, 1.82) is 0 Å². The fourth-order valence-corrected chi connectivity index (χ4v) is 1.94. The summed E-state index contributed by atoms with van der Waals surface area (Å²) in [4.78, 5) is 0. The monoisotopic (exact) mass is 283 g/mol. The number of aliphatic hydroxyl groups is 1. The van der Waals surface area contributed by atoms with Gasteiger partial charge in [0.05, 0.1) is 30.5 Å². The second-order valence-corrected chi connectivity index (χ2v) is 4.72. The van der Waals surface area contributed by atoms with E-state index in [4.69, 9.17) is 16.0 Å². The smallest absolute Gasteiger partial charge is 0.142 e. The molecule has 0 radical (unpaired) electrons. The molecule has 2 N–H and O–H groups in total. The topological polar surface area (TPSA) is 45.4 Å². The highest BCUT2D eigenvalue weighted by Crippen LogP contribution is 2.21. The number of benzene rings is 1. The molecule has 19 heavy (non-hydrogen) atoms. The van der Waals surface area contributed by atoms with Crippen LogP contribution in [-0.4, -0.2) is 11.7 Å². The van der Waals surface area contributed by atoms with E-state index in [0.717, 1.165) is 11.3 Å². The molecule has 2 rings (SSSR count). The molecular weight excluding hydrogens is 269 g/mol. The summed E-state index contributed by atoms with van der Waals surface area (Å²) in [5.41, 5.74) is 1.68. The Morgan fingerprint density at radius 3 is 2.79 bits per heavy atom. The van der Waals surface area contributed by atoms with Gasteiger partial charge in [0.2, 0.25) is 0 Å². The molecule has 3 nitrogen and oxygen atoms in total. The Labute approximate surface area is 116 Å². The highest BCUT2D eigenvalue weighted by molar-refractivity contribution is 6.30. The Balaban J connectivity index is 2.07. The maximum Gasteiger partial charge on any atom is 0.142 e. The van der Waals surface area contributed by atoms with Crippen molar-refractivity contribution < 1.29 is 13.9 Å². The van der Waals surface area contributed by atoms with Crippen molar-refractivity contribution in [3.05, 3.63) is 58.3 Å². The van der Waals surface area contributed by atoms with E-state index < -0.39 is 5.82 Å². The van der Waals surface area contributed by atoms with E-state index in [1.165, 1.54) is 12.1 Å². The Morgan fingerprint density at radius 2 is 2.21 bits per heavy atom. The van der Waals surface area contributed by atoms with E-state index in [1.54, 1.807) is 12.3 Å². The lowest BCUT2D eigenvalue weighted by molar-refractivity contribution is 0.240. The van der Waals surface area contributed by atoms with Crippen LogP contribution in [0.25, 0.3) is 0 Å². The van der Waals surface area contributed by atoms with Gasteiger partial charge in [0, 0.05) is 0 Å². The minimum Gasteiger partial charge on any atom is -0.468 e. The highest BCUT2D eigenvalue weighted by atomic mass is 35.5. The molecule has 1 atom stereocenters. The summed E-state index contributed by atoms with van der Waals surface area (Å²) in [6, 6.07) is 6.00. The second-order valence-electron chi connectivity index (χ2n) is 4.32. The summed E-state index contributed by atoms with van der Waals surface area (Å²) in [6.07, 6.45) is 1.61. The van der Waals surface area contributed by atoms with Crippen LogP contribution < -0.4 is 5.32 Å². The Kier molecular flexibility index (Phi) is 4.58. The van der Waals surface area contributed by atoms with Gasteiger partial charge in [-0.05, 0) is 36.2 Å². The average molecular weight is 284 g/mol. The van der Waals surface area contributed by atoms with Crippen LogP contribution in [0.5, 0.6) is 0 Å². The molecule has 0 aliphatic rings. The Hall–Kier alpha value is -1.36. The van der Waals surface area contributed by atoms with Crippen LogP contribution in [0, 0.1) is 12.7 Å². The Bertz CT molecular complexity index is 556. The first-order chi connectivity index (χ1) is 9.11. The lowest BCUT2D eigenvalue weighted by atomic mass is 10.1. The van der Waals surface area contributed by atoms with E-state index in [-0.39, 0.29) is 17.7 Å². The van der Waals surface area contributed by atoms with Crippen molar-refractivity contribution in [1.82, 2.24) is 5.32 Å². The van der Waals surface area contributed by atoms with E-state index in [0.29, 0.717) is 12.1 Å². The van der Waals surface area contributed by atoms with Crippen molar-refractivity contribution >= 4 is 11.6 Å². The van der Waals surface area contributed by atoms with Crippen LogP contribution >= 0.6 is 11.6 Å². The molecule has 2 aromatic rings. The molecule has 0 bridgehead atoms. The minimum atomic E-state index is -0.492. The zero-order valence-electron chi connectivity index (χ0n) is 10.5. The zero-order chi connectivity index (χ0) is 13.8. The van der Waals surface area contributed by atoms with E-state index in [2.05, 4.69) is 5.32 Å². The van der Waals surface area contributed by atoms with Gasteiger partial charge in [0.15, 0.2) is 0 Å². The number of nitrogens with one attached hydrogen (secondary N) is 1. The third-order valence-corrected chi connectivity index (χ3v) is 3.31. The third-order valence-electron chi connectivity index (χ3n) is 3.01. The van der Waals surface area contributed by atoms with Gasteiger partial charge in [-0.2, -0.15) is 0 Å². The molecule has 0 saturated heterocycles. The number of furan rings is 1. The number of aliphatic hydroxyl groups excluding tert-OH is 1. The molecular formula is C14H15ClFNO2. The largest absolute Gasteiger partial charge is 0.468 e. The van der Waals surface area contributed by atoms with E-state index in [1.807, 2.05) is 13.0 Å². The van der Waals surface area contributed by atoms with Gasteiger partial charge in [-0.15, -0.1) is 0 Å². The van der Waals surface area contributed by atoms with Crippen molar-refractivity contribution in [2.45, 2.75) is 19.5 Å². The first kappa shape index (κ1) is 14.1. The van der Waals surface area contributed by atoms with Crippen LogP contribution in [-0.2, 0) is 6.54 Å². The van der Waals surface area contributed by atoms with Gasteiger partial charge in [-0.25, -0.2) is 4.39 Å². The molecule has 1 heterocycles. The van der Waals surface area contributed by atoms with Crippen molar-refractivity contribution in [2.75, 3.05) is 6.61 Å². The molecule has 0 amide bonds. The van der Waals surface area contributed by atoms with Crippen LogP contribution in [0.3, 0.4) is 0 Å². The number of halogens is 2. The molecule has 1 aromatic heterocycles. The summed E-state index contributed by atoms with van der Waals surface area (Å²) in [6.45, 7) is 2.27. The molecule has 0 fully saturated rings. The summed E-state index contributed by atoms with van der Waals surface area (Å²) < 4.78 is 18.7. The fourth-order valence-electron chi connectivity index (χ4n) is 1.82. The molecule has 1 aromatic carbocycles. The number of aryl methyl sites for hydroxylation is 1. The average Bonchev–Trinajstić information content (AvgIpc) is 2.80. The first-order valence-electron chi connectivity index (χ1n) is 5.94. The summed E-state index contributed by atoms with van der Waals surface area (Å²) in [5, 5.41) is 12.6. The minimum absolute atomic E-state index is 0.0716. The number of rotatable bonds is 5. The van der Waals surface area contributed by atoms with E-state index >= 15 is 0 Å². The van der Waals surface area contributed by atoms with Gasteiger partial charge in [0.25, 0.3) is 0 Å². The van der Waals surface area contributed by atoms with E-state index in [9.17, 15) is 9.50 Å². The van der Waals surface area contributed by atoms with Gasteiger partial charge in [0.1, 0.15) is 11.6 Å². The standard InChI is InChI=1S/C14H15ClFNO2/c1-9-4-5-19-14(9)7-17-13(8-18)10-2-3-11(15)12(16)6-10/h2-6,13,17-18H,7-8H2,1H3. The number of hydrogen-bond acceptors (Lipinski definition) is 3. The van der Waals surface area contributed by atoms with Crippen molar-refractivity contribution in [3.8, 4) is 0 Å². The van der Waals surface area contributed by atoms with Crippen molar-refractivity contribution in [3.63, 3.8) is 0 Å². The molecule has 0 saturated carbocycles. The molecule has 5 heteroatoms. The molecule has 102 valence electrons. The highest BCUT2D eigenvalue weighted by Gasteiger charge is 2.13. The maximum absolute atomic E-state index is 13.4. The predicted molar refractivity (Wildman–Crippen MR) is 71.5 cm³/mol. The molecule has 0 aliphatic carbocycles.